The predicted molar refractivity (Wildman–Crippen MR) is 61.4 cm³/mol. The first-order valence-corrected chi connectivity index (χ1v) is 4.94. The van der Waals surface area contributed by atoms with Gasteiger partial charge >= 0.3 is 5.97 Å². The molecule has 0 aromatic heterocycles. The molecule has 0 spiro atoms. The highest BCUT2D eigenvalue weighted by atomic mass is 16.5. The van der Waals surface area contributed by atoms with Gasteiger partial charge in [0.15, 0.2) is 6.61 Å². The van der Waals surface area contributed by atoms with Gasteiger partial charge in [-0.1, -0.05) is 12.1 Å². The van der Waals surface area contributed by atoms with Crippen LogP contribution in [0.1, 0.15) is 0 Å². The van der Waals surface area contributed by atoms with Gasteiger partial charge in [0.1, 0.15) is 12.3 Å². The average Bonchev–Trinajstić information content (AvgIpc) is 2.35. The Kier molecular flexibility index (Phi) is 4.80. The van der Waals surface area contributed by atoms with E-state index in [2.05, 4.69) is 10.1 Å². The van der Waals surface area contributed by atoms with Crippen molar-refractivity contribution in [3.8, 4) is 5.75 Å². The minimum Gasteiger partial charge on any atom is -0.482 e. The van der Waals surface area contributed by atoms with Crippen molar-refractivity contribution in [3.05, 3.63) is 24.3 Å². The predicted octanol–water partition coefficient (Wildman–Crippen LogP) is -0.0632. The molecule has 17 heavy (non-hydrogen) atoms. The Balaban J connectivity index is 2.34. The Labute approximate surface area is 98.7 Å². The summed E-state index contributed by atoms with van der Waals surface area (Å²) in [5.41, 5.74) is 6.07. The smallest absolute Gasteiger partial charge is 0.325 e. The topological polar surface area (TPSA) is 90.6 Å². The molecule has 1 amide bonds. The minimum absolute atomic E-state index is 0.178. The molecule has 0 aliphatic rings. The Bertz CT molecular complexity index is 406. The maximum atomic E-state index is 11.3. The lowest BCUT2D eigenvalue weighted by atomic mass is 10.3. The number of methoxy groups -OCH3 is 1. The van der Waals surface area contributed by atoms with E-state index < -0.39 is 11.9 Å². The van der Waals surface area contributed by atoms with Gasteiger partial charge in [-0.15, -0.1) is 0 Å². The number of anilines is 1. The SMILES string of the molecule is COC(=O)CNC(=O)COc1ccccc1N. The zero-order valence-corrected chi connectivity index (χ0v) is 9.43. The van der Waals surface area contributed by atoms with Crippen LogP contribution < -0.4 is 15.8 Å². The number of hydrogen-bond donors (Lipinski definition) is 2. The number of carbonyl (C=O) groups is 2. The van der Waals surface area contributed by atoms with E-state index in [-0.39, 0.29) is 13.2 Å². The molecule has 0 aliphatic heterocycles. The summed E-state index contributed by atoms with van der Waals surface area (Å²) in [6.45, 7) is -0.381. The maximum Gasteiger partial charge on any atom is 0.325 e. The molecule has 0 heterocycles. The molecule has 3 N–H and O–H groups in total. The van der Waals surface area contributed by atoms with Gasteiger partial charge in [0.25, 0.3) is 5.91 Å². The summed E-state index contributed by atoms with van der Waals surface area (Å²) in [5, 5.41) is 2.34. The fourth-order valence-corrected chi connectivity index (χ4v) is 1.05. The summed E-state index contributed by atoms with van der Waals surface area (Å²) in [6, 6.07) is 6.84. The maximum absolute atomic E-state index is 11.3. The third-order valence-electron chi connectivity index (χ3n) is 1.94. The van der Waals surface area contributed by atoms with Crippen LogP contribution in [0.5, 0.6) is 5.75 Å². The van der Waals surface area contributed by atoms with E-state index >= 15 is 0 Å². The van der Waals surface area contributed by atoms with E-state index in [0.29, 0.717) is 11.4 Å². The monoisotopic (exact) mass is 238 g/mol. The largest absolute Gasteiger partial charge is 0.482 e. The van der Waals surface area contributed by atoms with Crippen LogP contribution in [0.25, 0.3) is 0 Å². The lowest BCUT2D eigenvalue weighted by molar-refractivity contribution is -0.141. The molecule has 0 fully saturated rings. The van der Waals surface area contributed by atoms with Crippen molar-refractivity contribution in [2.75, 3.05) is 26.0 Å². The van der Waals surface area contributed by atoms with Crippen molar-refractivity contribution in [2.45, 2.75) is 0 Å². The number of para-hydroxylation sites is 2. The summed E-state index contributed by atoms with van der Waals surface area (Å²) in [7, 11) is 1.25. The molecular weight excluding hydrogens is 224 g/mol. The Morgan fingerprint density at radius 1 is 1.35 bits per heavy atom. The number of nitrogens with two attached hydrogens (primary N) is 1. The third kappa shape index (κ3) is 4.42. The Morgan fingerprint density at radius 2 is 2.06 bits per heavy atom. The van der Waals surface area contributed by atoms with Gasteiger partial charge < -0.3 is 20.5 Å². The fourth-order valence-electron chi connectivity index (χ4n) is 1.05. The number of benzene rings is 1. The van der Waals surface area contributed by atoms with Gasteiger partial charge in [0, 0.05) is 0 Å². The molecule has 0 bridgehead atoms. The van der Waals surface area contributed by atoms with Gasteiger partial charge in [0.2, 0.25) is 0 Å². The highest BCUT2D eigenvalue weighted by Gasteiger charge is 2.06. The fraction of sp³-hybridized carbons (Fsp3) is 0.273. The van der Waals surface area contributed by atoms with Crippen molar-refractivity contribution in [3.63, 3.8) is 0 Å². The van der Waals surface area contributed by atoms with Gasteiger partial charge in [0.05, 0.1) is 12.8 Å². The molecule has 1 aromatic carbocycles. The van der Waals surface area contributed by atoms with Crippen LogP contribution in [-0.4, -0.2) is 32.1 Å². The molecule has 0 radical (unpaired) electrons. The highest BCUT2D eigenvalue weighted by Crippen LogP contribution is 2.19. The van der Waals surface area contributed by atoms with Crippen molar-refractivity contribution in [1.29, 1.82) is 0 Å². The number of amides is 1. The lowest BCUT2D eigenvalue weighted by Gasteiger charge is -2.08. The van der Waals surface area contributed by atoms with Gasteiger partial charge in [-0.2, -0.15) is 0 Å². The van der Waals surface area contributed by atoms with Gasteiger partial charge in [-0.05, 0) is 12.1 Å². The van der Waals surface area contributed by atoms with Crippen LogP contribution in [-0.2, 0) is 14.3 Å². The van der Waals surface area contributed by atoms with Crippen LogP contribution >= 0.6 is 0 Å². The molecule has 1 rings (SSSR count). The summed E-state index contributed by atoms with van der Waals surface area (Å²) >= 11 is 0. The Hall–Kier alpha value is -2.24. The van der Waals surface area contributed by atoms with Crippen molar-refractivity contribution >= 4 is 17.6 Å². The molecule has 92 valence electrons. The van der Waals surface area contributed by atoms with E-state index in [1.165, 1.54) is 7.11 Å². The summed E-state index contributed by atoms with van der Waals surface area (Å²) in [4.78, 5) is 22.0. The number of nitrogens with one attached hydrogen (secondary N) is 1. The second-order valence-electron chi connectivity index (χ2n) is 3.18. The molecule has 6 nitrogen and oxygen atoms in total. The Morgan fingerprint density at radius 3 is 2.71 bits per heavy atom. The quantitative estimate of drug-likeness (QED) is 0.554. The van der Waals surface area contributed by atoms with E-state index in [4.69, 9.17) is 10.5 Å². The summed E-state index contributed by atoms with van der Waals surface area (Å²) < 4.78 is 9.54. The lowest BCUT2D eigenvalue weighted by Crippen LogP contribution is -2.33. The number of nitrogen functional groups attached to an aromatic ring is 1. The highest BCUT2D eigenvalue weighted by molar-refractivity contribution is 5.82. The van der Waals surface area contributed by atoms with Gasteiger partial charge in [-0.3, -0.25) is 9.59 Å². The molecule has 6 heteroatoms. The van der Waals surface area contributed by atoms with Crippen LogP contribution in [0, 0.1) is 0 Å². The number of hydrogen-bond acceptors (Lipinski definition) is 5. The van der Waals surface area contributed by atoms with Crippen molar-refractivity contribution in [2.24, 2.45) is 0 Å². The number of esters is 1. The second-order valence-corrected chi connectivity index (χ2v) is 3.18. The molecule has 1 aromatic rings. The molecule has 0 aliphatic carbocycles. The van der Waals surface area contributed by atoms with Crippen LogP contribution in [0.3, 0.4) is 0 Å². The van der Waals surface area contributed by atoms with Crippen molar-refractivity contribution < 1.29 is 19.1 Å². The molecule has 0 unspecified atom stereocenters. The van der Waals surface area contributed by atoms with E-state index in [1.54, 1.807) is 24.3 Å². The number of rotatable bonds is 5. The summed E-state index contributed by atoms with van der Waals surface area (Å²) in [6.07, 6.45) is 0. The van der Waals surface area contributed by atoms with Crippen molar-refractivity contribution in [1.82, 2.24) is 5.32 Å². The molecular formula is C11H14N2O4. The first-order valence-electron chi connectivity index (χ1n) is 4.94. The normalized spacial score (nSPS) is 9.47. The van der Waals surface area contributed by atoms with E-state index in [1.807, 2.05) is 0 Å². The molecule has 0 saturated heterocycles. The van der Waals surface area contributed by atoms with Crippen LogP contribution in [0.4, 0.5) is 5.69 Å². The number of carbonyl (C=O) groups excluding carboxylic acids is 2. The van der Waals surface area contributed by atoms with Crippen LogP contribution in [0.2, 0.25) is 0 Å². The summed E-state index contributed by atoms with van der Waals surface area (Å²) in [5.74, 6) is -0.503. The third-order valence-corrected chi connectivity index (χ3v) is 1.94. The van der Waals surface area contributed by atoms with E-state index in [0.717, 1.165) is 0 Å². The zero-order valence-electron chi connectivity index (χ0n) is 9.43. The number of ether oxygens (including phenoxy) is 2. The molecule has 0 saturated carbocycles. The van der Waals surface area contributed by atoms with E-state index in [9.17, 15) is 9.59 Å². The first kappa shape index (κ1) is 12.8. The minimum atomic E-state index is -0.516. The zero-order chi connectivity index (χ0) is 12.7. The second kappa shape index (κ2) is 6.37. The first-order chi connectivity index (χ1) is 8.13. The van der Waals surface area contributed by atoms with Gasteiger partial charge in [-0.25, -0.2) is 0 Å². The van der Waals surface area contributed by atoms with Crippen LogP contribution in [0.15, 0.2) is 24.3 Å². The molecule has 0 atom stereocenters. The average molecular weight is 238 g/mol. The standard InChI is InChI=1S/C11H14N2O4/c1-16-11(15)6-13-10(14)7-17-9-5-3-2-4-8(9)12/h2-5H,6-7,12H2,1H3,(H,13,14).